The average Bonchev–Trinajstić information content (AvgIpc) is 3.70. The smallest absolute Gasteiger partial charge is 0.101 e. The van der Waals surface area contributed by atoms with Gasteiger partial charge in [0.2, 0.25) is 0 Å². The van der Waals surface area contributed by atoms with E-state index in [1.54, 1.807) is 0 Å². The van der Waals surface area contributed by atoms with E-state index in [1.165, 1.54) is 0 Å². The van der Waals surface area contributed by atoms with Gasteiger partial charge in [-0.05, 0) is 77.4 Å². The standard InChI is InChI=1S/C45H25N5/c46-26-29-17-21-45-39(23-29)38-12-4-8-16-44(38)50(45)41-13-5-1-9-35(41)31-18-20-34(32(24-31)27-47)30-19-22-40(33(25-30)28-48)49-42-14-6-2-10-36(42)37-11-3-7-15-43(37)49/h1-25H. The normalized spacial score (nSPS) is 11.1. The second-order valence-corrected chi connectivity index (χ2v) is 12.3. The number of benzene rings is 7. The first-order chi connectivity index (χ1) is 24.7. The van der Waals surface area contributed by atoms with Gasteiger partial charge in [0.1, 0.15) is 6.07 Å². The van der Waals surface area contributed by atoms with Gasteiger partial charge in [0.25, 0.3) is 0 Å². The fourth-order valence-corrected chi connectivity index (χ4v) is 7.44. The fraction of sp³-hybridized carbons (Fsp3) is 0. The lowest BCUT2D eigenvalue weighted by molar-refractivity contribution is 1.17. The van der Waals surface area contributed by atoms with E-state index in [2.05, 4.69) is 75.9 Å². The molecule has 230 valence electrons. The number of nitrogens with zero attached hydrogens (tertiary/aromatic N) is 5. The zero-order chi connectivity index (χ0) is 33.8. The summed E-state index contributed by atoms with van der Waals surface area (Å²) in [5, 5.41) is 34.8. The molecule has 50 heavy (non-hydrogen) atoms. The van der Waals surface area contributed by atoms with E-state index < -0.39 is 0 Å². The maximum atomic E-state index is 10.5. The van der Waals surface area contributed by atoms with Crippen molar-refractivity contribution in [3.8, 4) is 51.8 Å². The number of nitriles is 3. The number of rotatable bonds is 4. The summed E-state index contributed by atoms with van der Waals surface area (Å²) in [7, 11) is 0. The van der Waals surface area contributed by atoms with E-state index >= 15 is 0 Å². The Balaban J connectivity index is 1.18. The molecule has 0 fully saturated rings. The average molecular weight is 636 g/mol. The van der Waals surface area contributed by atoms with Gasteiger partial charge in [0.15, 0.2) is 0 Å². The number of fused-ring (bicyclic) bond motifs is 6. The second kappa shape index (κ2) is 11.4. The van der Waals surface area contributed by atoms with Crippen LogP contribution >= 0.6 is 0 Å². The summed E-state index contributed by atoms with van der Waals surface area (Å²) in [4.78, 5) is 0. The van der Waals surface area contributed by atoms with E-state index in [0.29, 0.717) is 16.7 Å². The number of hydrogen-bond acceptors (Lipinski definition) is 3. The van der Waals surface area contributed by atoms with E-state index in [4.69, 9.17) is 0 Å². The summed E-state index contributed by atoms with van der Waals surface area (Å²) in [6.45, 7) is 0. The van der Waals surface area contributed by atoms with Gasteiger partial charge < -0.3 is 9.13 Å². The maximum Gasteiger partial charge on any atom is 0.101 e. The molecule has 0 N–H and O–H groups in total. The van der Waals surface area contributed by atoms with Gasteiger partial charge in [0.05, 0.1) is 62.3 Å². The first-order valence-corrected chi connectivity index (χ1v) is 16.3. The van der Waals surface area contributed by atoms with Crippen LogP contribution in [0.2, 0.25) is 0 Å². The van der Waals surface area contributed by atoms with Crippen LogP contribution in [0.25, 0.3) is 77.2 Å². The van der Waals surface area contributed by atoms with Crippen molar-refractivity contribution in [2.24, 2.45) is 0 Å². The molecule has 7 aromatic carbocycles. The fourth-order valence-electron chi connectivity index (χ4n) is 7.44. The Hall–Kier alpha value is -7.39. The van der Waals surface area contributed by atoms with E-state index in [1.807, 2.05) is 103 Å². The highest BCUT2D eigenvalue weighted by Crippen LogP contribution is 2.39. The Labute approximate surface area is 287 Å². The van der Waals surface area contributed by atoms with Crippen LogP contribution < -0.4 is 0 Å². The molecule has 9 aromatic rings. The summed E-state index contributed by atoms with van der Waals surface area (Å²) in [5.41, 5.74) is 11.0. The first kappa shape index (κ1) is 28.8. The van der Waals surface area contributed by atoms with Crippen LogP contribution in [0.15, 0.2) is 152 Å². The molecular weight excluding hydrogens is 611 g/mol. The highest BCUT2D eigenvalue weighted by atomic mass is 15.0. The molecule has 5 heteroatoms. The Morgan fingerprint density at radius 3 is 1.54 bits per heavy atom. The third kappa shape index (κ3) is 4.31. The number of hydrogen-bond donors (Lipinski definition) is 0. The lowest BCUT2D eigenvalue weighted by Gasteiger charge is -2.16. The van der Waals surface area contributed by atoms with E-state index in [-0.39, 0.29) is 0 Å². The summed E-state index contributed by atoms with van der Waals surface area (Å²) >= 11 is 0. The Bertz CT molecular complexity index is 2920. The first-order valence-electron chi connectivity index (χ1n) is 16.3. The van der Waals surface area contributed by atoms with Crippen molar-refractivity contribution in [2.45, 2.75) is 0 Å². The third-order valence-corrected chi connectivity index (χ3v) is 9.65. The molecule has 0 aliphatic rings. The van der Waals surface area contributed by atoms with Crippen molar-refractivity contribution < 1.29 is 0 Å². The maximum absolute atomic E-state index is 10.5. The third-order valence-electron chi connectivity index (χ3n) is 9.65. The Kier molecular flexibility index (Phi) is 6.56. The van der Waals surface area contributed by atoms with Crippen LogP contribution in [0.3, 0.4) is 0 Å². The van der Waals surface area contributed by atoms with Crippen molar-refractivity contribution >= 4 is 43.6 Å². The van der Waals surface area contributed by atoms with Gasteiger partial charge in [-0.2, -0.15) is 15.8 Å². The van der Waals surface area contributed by atoms with E-state index in [0.717, 1.165) is 77.2 Å². The summed E-state index contributed by atoms with van der Waals surface area (Å²) in [6, 6.07) is 57.7. The minimum Gasteiger partial charge on any atom is -0.309 e. The van der Waals surface area contributed by atoms with Crippen LogP contribution in [0.4, 0.5) is 0 Å². The molecule has 0 bridgehead atoms. The monoisotopic (exact) mass is 635 g/mol. The summed E-state index contributed by atoms with van der Waals surface area (Å²) in [5.74, 6) is 0. The zero-order valence-electron chi connectivity index (χ0n) is 26.7. The Morgan fingerprint density at radius 1 is 0.360 bits per heavy atom. The molecule has 0 unspecified atom stereocenters. The molecular formula is C45H25N5. The Morgan fingerprint density at radius 2 is 0.880 bits per heavy atom. The molecule has 0 atom stereocenters. The van der Waals surface area contributed by atoms with Crippen LogP contribution in [-0.2, 0) is 0 Å². The van der Waals surface area contributed by atoms with Crippen LogP contribution in [-0.4, -0.2) is 9.13 Å². The van der Waals surface area contributed by atoms with Crippen molar-refractivity contribution in [2.75, 3.05) is 0 Å². The van der Waals surface area contributed by atoms with Crippen molar-refractivity contribution in [1.29, 1.82) is 15.8 Å². The van der Waals surface area contributed by atoms with Crippen molar-refractivity contribution in [3.63, 3.8) is 0 Å². The minimum absolute atomic E-state index is 0.520. The van der Waals surface area contributed by atoms with Crippen molar-refractivity contribution in [3.05, 3.63) is 168 Å². The van der Waals surface area contributed by atoms with Gasteiger partial charge >= 0.3 is 0 Å². The quantitative estimate of drug-likeness (QED) is 0.193. The SMILES string of the molecule is N#Cc1ccc2c(c1)c1ccccc1n2-c1ccccc1-c1ccc(-c2ccc(-n3c4ccccc4c4ccccc43)c(C#N)c2)c(C#N)c1. The highest BCUT2D eigenvalue weighted by Gasteiger charge is 2.19. The molecule has 0 aliphatic carbocycles. The molecule has 0 radical (unpaired) electrons. The lowest BCUT2D eigenvalue weighted by atomic mass is 9.93. The molecule has 0 spiro atoms. The predicted molar refractivity (Wildman–Crippen MR) is 200 cm³/mol. The predicted octanol–water partition coefficient (Wildman–Crippen LogP) is 10.8. The topological polar surface area (TPSA) is 81.2 Å². The molecule has 2 heterocycles. The van der Waals surface area contributed by atoms with Gasteiger partial charge in [-0.1, -0.05) is 91.0 Å². The molecule has 5 nitrogen and oxygen atoms in total. The van der Waals surface area contributed by atoms with Crippen LogP contribution in [0.5, 0.6) is 0 Å². The lowest BCUT2D eigenvalue weighted by Crippen LogP contribution is -1.99. The van der Waals surface area contributed by atoms with Crippen molar-refractivity contribution in [1.82, 2.24) is 9.13 Å². The zero-order valence-corrected chi connectivity index (χ0v) is 26.7. The number of aromatic nitrogens is 2. The highest BCUT2D eigenvalue weighted by molar-refractivity contribution is 6.11. The largest absolute Gasteiger partial charge is 0.309 e. The summed E-state index contributed by atoms with van der Waals surface area (Å²) < 4.78 is 4.38. The van der Waals surface area contributed by atoms with Gasteiger partial charge in [-0.25, -0.2) is 0 Å². The van der Waals surface area contributed by atoms with Crippen LogP contribution in [0, 0.1) is 34.0 Å². The second-order valence-electron chi connectivity index (χ2n) is 12.3. The molecule has 0 saturated carbocycles. The van der Waals surface area contributed by atoms with Gasteiger partial charge in [-0.15, -0.1) is 0 Å². The summed E-state index contributed by atoms with van der Waals surface area (Å²) in [6.07, 6.45) is 0. The molecule has 2 aromatic heterocycles. The number of para-hydroxylation sites is 4. The molecule has 0 amide bonds. The molecule has 0 aliphatic heterocycles. The minimum atomic E-state index is 0.520. The van der Waals surface area contributed by atoms with E-state index in [9.17, 15) is 15.8 Å². The van der Waals surface area contributed by atoms with Gasteiger partial charge in [-0.3, -0.25) is 0 Å². The van der Waals surface area contributed by atoms with Crippen LogP contribution in [0.1, 0.15) is 16.7 Å². The molecule has 9 rings (SSSR count). The molecule has 0 saturated heterocycles. The van der Waals surface area contributed by atoms with Gasteiger partial charge in [0, 0.05) is 27.1 Å².